The highest BCUT2D eigenvalue weighted by Crippen LogP contribution is 2.68. The van der Waals surface area contributed by atoms with Crippen molar-refractivity contribution in [3.05, 3.63) is 0 Å². The Morgan fingerprint density at radius 3 is 1.52 bits per heavy atom. The summed E-state index contributed by atoms with van der Waals surface area (Å²) in [5.74, 6) is 0.413. The van der Waals surface area contributed by atoms with Crippen LogP contribution in [0.5, 0.6) is 0 Å². The maximum atomic E-state index is 13.0. The number of hydrogen-bond acceptors (Lipinski definition) is 1. The van der Waals surface area contributed by atoms with Crippen LogP contribution < -0.4 is 0 Å². The van der Waals surface area contributed by atoms with Crippen LogP contribution in [0.25, 0.3) is 0 Å². The molecular weight excluding hydrogens is 282 g/mol. The molecule has 0 heterocycles. The van der Waals surface area contributed by atoms with Gasteiger partial charge in [-0.15, -0.1) is 0 Å². The third-order valence-electron chi connectivity index (χ3n) is 4.43. The minimum atomic E-state index is -0.102. The average molecular weight is 328 g/mol. The van der Waals surface area contributed by atoms with E-state index in [4.69, 9.17) is 0 Å². The van der Waals surface area contributed by atoms with E-state index in [-0.39, 0.29) is 16.2 Å². The van der Waals surface area contributed by atoms with Crippen molar-refractivity contribution in [2.75, 3.05) is 13.1 Å². The molecule has 0 bridgehead atoms. The van der Waals surface area contributed by atoms with Gasteiger partial charge in [0.2, 0.25) is 5.91 Å². The van der Waals surface area contributed by atoms with Crippen LogP contribution in [0.2, 0.25) is 0 Å². The van der Waals surface area contributed by atoms with Gasteiger partial charge in [-0.2, -0.15) is 0 Å². The van der Waals surface area contributed by atoms with E-state index in [0.29, 0.717) is 5.91 Å². The van der Waals surface area contributed by atoms with Crippen LogP contribution in [-0.2, 0) is 4.79 Å². The summed E-state index contributed by atoms with van der Waals surface area (Å²) >= 11 is 0. The number of nitrogens with zero attached hydrogens (tertiary/aromatic N) is 1. The molecule has 1 fully saturated rings. The molecule has 140 valence electrons. The minimum absolute atomic E-state index is 0.102. The predicted octanol–water partition coefficient (Wildman–Crippen LogP) is 6.54. The maximum Gasteiger partial charge on any atom is 0.229 e. The van der Waals surface area contributed by atoms with Crippen LogP contribution in [-0.4, -0.2) is 23.9 Å². The molecule has 2 heteroatoms. The fraction of sp³-hybridized carbons (Fsp3) is 0.952. The van der Waals surface area contributed by atoms with Gasteiger partial charge in [-0.05, 0) is 36.5 Å². The van der Waals surface area contributed by atoms with Gasteiger partial charge in [0.15, 0.2) is 0 Å². The number of hydrogen-bond donors (Lipinski definition) is 0. The van der Waals surface area contributed by atoms with Gasteiger partial charge in [0.25, 0.3) is 0 Å². The Labute approximate surface area is 147 Å². The second-order valence-electron chi connectivity index (χ2n) is 8.17. The molecule has 0 aromatic heterocycles. The fourth-order valence-corrected chi connectivity index (χ4v) is 3.52. The van der Waals surface area contributed by atoms with Crippen molar-refractivity contribution in [2.24, 2.45) is 16.2 Å². The van der Waals surface area contributed by atoms with Gasteiger partial charge in [0.1, 0.15) is 0 Å². The van der Waals surface area contributed by atoms with Gasteiger partial charge < -0.3 is 4.90 Å². The van der Waals surface area contributed by atoms with Crippen LogP contribution in [0.3, 0.4) is 0 Å². The molecule has 1 unspecified atom stereocenters. The second-order valence-corrected chi connectivity index (χ2v) is 8.17. The molecule has 23 heavy (non-hydrogen) atoms. The van der Waals surface area contributed by atoms with Gasteiger partial charge >= 0.3 is 0 Å². The van der Waals surface area contributed by atoms with E-state index >= 15 is 0 Å². The Morgan fingerprint density at radius 2 is 1.30 bits per heavy atom. The fourth-order valence-electron chi connectivity index (χ4n) is 3.52. The highest BCUT2D eigenvalue weighted by molar-refractivity contribution is 5.87. The van der Waals surface area contributed by atoms with Crippen LogP contribution >= 0.6 is 0 Å². The molecule has 1 rings (SSSR count). The smallest absolute Gasteiger partial charge is 0.229 e. The average Bonchev–Trinajstić information content (AvgIpc) is 3.02. The van der Waals surface area contributed by atoms with Gasteiger partial charge in [0.05, 0.1) is 5.41 Å². The molecule has 0 aromatic carbocycles. The van der Waals surface area contributed by atoms with Crippen molar-refractivity contribution < 1.29 is 4.79 Å². The molecular formula is C21H45NO. The molecule has 0 radical (unpaired) electrons. The van der Waals surface area contributed by atoms with E-state index in [9.17, 15) is 4.79 Å². The van der Waals surface area contributed by atoms with Crippen molar-refractivity contribution in [3.8, 4) is 0 Å². The van der Waals surface area contributed by atoms with E-state index in [0.717, 1.165) is 38.8 Å². The van der Waals surface area contributed by atoms with Gasteiger partial charge in [-0.1, -0.05) is 76.2 Å². The first-order chi connectivity index (χ1) is 10.6. The Balaban J connectivity index is 0. The zero-order valence-corrected chi connectivity index (χ0v) is 18.1. The van der Waals surface area contributed by atoms with Crippen molar-refractivity contribution in [1.82, 2.24) is 4.90 Å². The Morgan fingerprint density at radius 1 is 0.957 bits per heavy atom. The number of carbonyl (C=O) groups excluding carboxylic acids is 1. The number of rotatable bonds is 6. The summed E-state index contributed by atoms with van der Waals surface area (Å²) in [6, 6.07) is 0. The third-order valence-corrected chi connectivity index (χ3v) is 4.43. The van der Waals surface area contributed by atoms with E-state index in [2.05, 4.69) is 53.4 Å². The first-order valence-corrected chi connectivity index (χ1v) is 9.89. The largest absolute Gasteiger partial charge is 0.342 e. The Hall–Kier alpha value is -0.530. The van der Waals surface area contributed by atoms with Crippen LogP contribution in [0.1, 0.15) is 102 Å². The normalized spacial score (nSPS) is 21.3. The highest BCUT2D eigenvalue weighted by Gasteiger charge is 2.67. The Bertz CT molecular complexity index is 321. The van der Waals surface area contributed by atoms with Crippen molar-refractivity contribution in [1.29, 1.82) is 0 Å². The molecule has 2 nitrogen and oxygen atoms in total. The first kappa shape index (κ1) is 24.7. The van der Waals surface area contributed by atoms with Gasteiger partial charge in [0, 0.05) is 13.1 Å². The van der Waals surface area contributed by atoms with E-state index in [1.807, 2.05) is 27.7 Å². The minimum Gasteiger partial charge on any atom is -0.342 e. The lowest BCUT2D eigenvalue weighted by Crippen LogP contribution is -2.41. The lowest BCUT2D eigenvalue weighted by Gasteiger charge is -2.33. The van der Waals surface area contributed by atoms with E-state index < -0.39 is 0 Å². The van der Waals surface area contributed by atoms with Crippen LogP contribution in [0.4, 0.5) is 0 Å². The lowest BCUT2D eigenvalue weighted by atomic mass is 9.78. The summed E-state index contributed by atoms with van der Waals surface area (Å²) in [6.45, 7) is 25.4. The predicted molar refractivity (Wildman–Crippen MR) is 105 cm³/mol. The summed E-state index contributed by atoms with van der Waals surface area (Å²) in [7, 11) is 0. The molecule has 0 spiro atoms. The second kappa shape index (κ2) is 10.4. The molecule has 1 saturated carbocycles. The summed E-state index contributed by atoms with van der Waals surface area (Å²) < 4.78 is 0. The summed E-state index contributed by atoms with van der Waals surface area (Å²) in [4.78, 5) is 15.1. The molecule has 0 N–H and O–H groups in total. The lowest BCUT2D eigenvalue weighted by molar-refractivity contribution is -0.139. The number of amides is 1. The topological polar surface area (TPSA) is 20.3 Å². The number of carbonyl (C=O) groups is 1. The van der Waals surface area contributed by atoms with Crippen molar-refractivity contribution >= 4 is 5.91 Å². The molecule has 1 atom stereocenters. The van der Waals surface area contributed by atoms with Gasteiger partial charge in [-0.25, -0.2) is 0 Å². The summed E-state index contributed by atoms with van der Waals surface area (Å²) in [5.41, 5.74) is 0.292. The van der Waals surface area contributed by atoms with E-state index in [1.54, 1.807) is 0 Å². The zero-order valence-electron chi connectivity index (χ0n) is 18.1. The monoisotopic (exact) mass is 327 g/mol. The molecule has 1 amide bonds. The summed E-state index contributed by atoms with van der Waals surface area (Å²) in [6.07, 6.45) is 4.17. The Kier molecular flexibility index (Phi) is 11.1. The van der Waals surface area contributed by atoms with Gasteiger partial charge in [-0.3, -0.25) is 4.79 Å². The molecule has 1 aliphatic rings. The van der Waals surface area contributed by atoms with E-state index in [1.165, 1.54) is 0 Å². The highest BCUT2D eigenvalue weighted by atomic mass is 16.2. The zero-order chi connectivity index (χ0) is 18.9. The molecule has 0 saturated heterocycles. The molecule has 0 aromatic rings. The summed E-state index contributed by atoms with van der Waals surface area (Å²) in [5, 5.41) is 0. The molecule has 1 aliphatic carbocycles. The van der Waals surface area contributed by atoms with Crippen molar-refractivity contribution in [2.45, 2.75) is 102 Å². The molecule has 0 aliphatic heterocycles. The third kappa shape index (κ3) is 6.85. The first-order valence-electron chi connectivity index (χ1n) is 9.89. The van der Waals surface area contributed by atoms with Crippen LogP contribution in [0.15, 0.2) is 0 Å². The maximum absolute atomic E-state index is 13.0. The van der Waals surface area contributed by atoms with Crippen LogP contribution in [0, 0.1) is 16.2 Å². The SMILES string of the molecule is CC.CC.CCCN(CCC)C(=O)C1(CC(C)(C)C)CC1(C)C. The standard InChI is InChI=1S/C17H33NO.2C2H6/c1-8-10-18(11-9-2)14(19)17(12-15(3,4)5)13-16(17,6)7;2*1-2/h8-13H2,1-7H3;2*1-2H3. The van der Waals surface area contributed by atoms with Crippen molar-refractivity contribution in [3.63, 3.8) is 0 Å². The quantitative estimate of drug-likeness (QED) is 0.542.